The lowest BCUT2D eigenvalue weighted by molar-refractivity contribution is -0.113. The smallest absolute Gasteiger partial charge is 0.286 e. The summed E-state index contributed by atoms with van der Waals surface area (Å²) in [4.78, 5) is 22.1. The average molecular weight is 444 g/mol. The molecule has 1 aromatic heterocycles. The normalized spacial score (nSPS) is 17.9. The molecule has 3 aromatic rings. The third-order valence-electron chi connectivity index (χ3n) is 5.93. The van der Waals surface area contributed by atoms with Gasteiger partial charge in [0.05, 0.1) is 4.91 Å². The van der Waals surface area contributed by atoms with Gasteiger partial charge in [0.2, 0.25) is 0 Å². The van der Waals surface area contributed by atoms with Crippen LogP contribution >= 0.6 is 11.8 Å². The maximum Gasteiger partial charge on any atom is 0.286 e. The fourth-order valence-corrected chi connectivity index (χ4v) is 5.09. The molecule has 2 aromatic carbocycles. The Morgan fingerprint density at radius 3 is 2.31 bits per heavy atom. The predicted octanol–water partition coefficient (Wildman–Crippen LogP) is 5.36. The van der Waals surface area contributed by atoms with Crippen LogP contribution in [0.15, 0.2) is 75.0 Å². The Morgan fingerprint density at radius 2 is 1.56 bits per heavy atom. The third-order valence-corrected chi connectivity index (χ3v) is 6.97. The molecule has 0 N–H and O–H groups in total. The monoisotopic (exact) mass is 443 g/mol. The van der Waals surface area contributed by atoms with E-state index in [0.717, 1.165) is 48.2 Å². The van der Waals surface area contributed by atoms with Crippen molar-refractivity contribution in [1.29, 1.82) is 0 Å². The average Bonchev–Trinajstić information content (AvgIpc) is 3.42. The van der Waals surface area contributed by atoms with Gasteiger partial charge in [-0.2, -0.15) is 4.99 Å². The second-order valence-corrected chi connectivity index (χ2v) is 9.10. The van der Waals surface area contributed by atoms with Crippen LogP contribution in [0, 0.1) is 13.8 Å². The minimum absolute atomic E-state index is 0.194. The molecule has 1 fully saturated rings. The topological polar surface area (TPSA) is 49.0 Å². The van der Waals surface area contributed by atoms with Crippen LogP contribution in [0.3, 0.4) is 0 Å². The highest BCUT2D eigenvalue weighted by Gasteiger charge is 2.29. The summed E-state index contributed by atoms with van der Waals surface area (Å²) < 4.78 is 6.00. The lowest BCUT2D eigenvalue weighted by atomic mass is 10.1. The number of thioether (sulfide) groups is 1. The Bertz CT molecular complexity index is 1220. The Morgan fingerprint density at radius 1 is 0.875 bits per heavy atom. The molecule has 1 amide bonds. The SMILES string of the molecule is Cc1ccccc1-c1ccc(C=C2SC(N3CCN(c4ccccc4C)CC3)=NC2=O)o1. The number of para-hydroxylation sites is 1. The van der Waals surface area contributed by atoms with Crippen LogP contribution in [0.2, 0.25) is 0 Å². The van der Waals surface area contributed by atoms with Crippen LogP contribution < -0.4 is 4.90 Å². The van der Waals surface area contributed by atoms with Crippen molar-refractivity contribution < 1.29 is 9.21 Å². The second-order valence-electron chi connectivity index (χ2n) is 8.09. The number of hydrogen-bond acceptors (Lipinski definition) is 5. The lowest BCUT2D eigenvalue weighted by Crippen LogP contribution is -2.48. The van der Waals surface area contributed by atoms with Crippen LogP contribution in [-0.2, 0) is 4.79 Å². The zero-order chi connectivity index (χ0) is 22.1. The van der Waals surface area contributed by atoms with Crippen LogP contribution in [-0.4, -0.2) is 42.2 Å². The van der Waals surface area contributed by atoms with E-state index in [-0.39, 0.29) is 5.91 Å². The number of nitrogens with zero attached hydrogens (tertiary/aromatic N) is 3. The van der Waals surface area contributed by atoms with Crippen LogP contribution in [0.5, 0.6) is 0 Å². The van der Waals surface area contributed by atoms with Gasteiger partial charge in [-0.25, -0.2) is 0 Å². The van der Waals surface area contributed by atoms with Gasteiger partial charge in [-0.15, -0.1) is 0 Å². The van der Waals surface area contributed by atoms with Crippen LogP contribution in [0.25, 0.3) is 17.4 Å². The Kier molecular flexibility index (Phi) is 5.62. The molecule has 32 heavy (non-hydrogen) atoms. The highest BCUT2D eigenvalue weighted by atomic mass is 32.2. The Balaban J connectivity index is 1.25. The first kappa shape index (κ1) is 20.6. The largest absolute Gasteiger partial charge is 0.457 e. The Hall–Kier alpha value is -3.25. The van der Waals surface area contributed by atoms with E-state index < -0.39 is 0 Å². The summed E-state index contributed by atoms with van der Waals surface area (Å²) >= 11 is 1.44. The minimum atomic E-state index is -0.194. The predicted molar refractivity (Wildman–Crippen MR) is 132 cm³/mol. The summed E-state index contributed by atoms with van der Waals surface area (Å²) in [6.07, 6.45) is 1.80. The highest BCUT2D eigenvalue weighted by molar-refractivity contribution is 8.18. The van der Waals surface area contributed by atoms with Crippen molar-refractivity contribution in [2.24, 2.45) is 4.99 Å². The number of rotatable bonds is 3. The van der Waals surface area contributed by atoms with Crippen molar-refractivity contribution in [3.8, 4) is 11.3 Å². The second kappa shape index (κ2) is 8.71. The number of aryl methyl sites for hydroxylation is 2. The summed E-state index contributed by atoms with van der Waals surface area (Å²) in [6, 6.07) is 20.4. The van der Waals surface area contributed by atoms with Gasteiger partial charge in [-0.05, 0) is 54.9 Å². The van der Waals surface area contributed by atoms with E-state index in [2.05, 4.69) is 59.0 Å². The molecular formula is C26H25N3O2S. The van der Waals surface area contributed by atoms with Crippen molar-refractivity contribution in [1.82, 2.24) is 4.90 Å². The first-order chi connectivity index (χ1) is 15.6. The summed E-state index contributed by atoms with van der Waals surface area (Å²) in [6.45, 7) is 7.72. The van der Waals surface area contributed by atoms with E-state index in [1.165, 1.54) is 23.0 Å². The molecule has 1 saturated heterocycles. The van der Waals surface area contributed by atoms with Crippen molar-refractivity contribution in [3.63, 3.8) is 0 Å². The molecular weight excluding hydrogens is 418 g/mol. The first-order valence-electron chi connectivity index (χ1n) is 10.8. The fraction of sp³-hybridized carbons (Fsp3) is 0.231. The molecule has 6 heteroatoms. The number of anilines is 1. The fourth-order valence-electron chi connectivity index (χ4n) is 4.14. The van der Waals surface area contributed by atoms with Gasteiger partial charge in [-0.3, -0.25) is 4.79 Å². The molecule has 0 spiro atoms. The summed E-state index contributed by atoms with van der Waals surface area (Å²) in [7, 11) is 0. The number of hydrogen-bond donors (Lipinski definition) is 0. The maximum absolute atomic E-state index is 12.5. The van der Waals surface area contributed by atoms with Gasteiger partial charge in [0, 0.05) is 43.5 Å². The van der Waals surface area contributed by atoms with Gasteiger partial charge in [0.25, 0.3) is 5.91 Å². The van der Waals surface area contributed by atoms with Gasteiger partial charge in [0.15, 0.2) is 5.17 Å². The maximum atomic E-state index is 12.5. The molecule has 0 bridgehead atoms. The van der Waals surface area contributed by atoms with E-state index in [9.17, 15) is 4.79 Å². The van der Waals surface area contributed by atoms with Gasteiger partial charge < -0.3 is 14.2 Å². The molecule has 3 heterocycles. The van der Waals surface area contributed by atoms with Crippen LogP contribution in [0.1, 0.15) is 16.9 Å². The molecule has 0 saturated carbocycles. The lowest BCUT2D eigenvalue weighted by Gasteiger charge is -2.37. The van der Waals surface area contributed by atoms with E-state index in [0.29, 0.717) is 10.7 Å². The summed E-state index contributed by atoms with van der Waals surface area (Å²) in [5.74, 6) is 1.28. The first-order valence-corrected chi connectivity index (χ1v) is 11.6. The van der Waals surface area contributed by atoms with E-state index in [1.54, 1.807) is 6.08 Å². The van der Waals surface area contributed by atoms with E-state index in [1.807, 2.05) is 30.3 Å². The zero-order valence-electron chi connectivity index (χ0n) is 18.2. The molecule has 162 valence electrons. The van der Waals surface area contributed by atoms with Gasteiger partial charge >= 0.3 is 0 Å². The number of furan rings is 1. The van der Waals surface area contributed by atoms with Crippen molar-refractivity contribution >= 4 is 34.6 Å². The minimum Gasteiger partial charge on any atom is -0.457 e. The number of piperazine rings is 1. The number of amides is 1. The number of carbonyl (C=O) groups excluding carboxylic acids is 1. The van der Waals surface area contributed by atoms with E-state index in [4.69, 9.17) is 4.42 Å². The summed E-state index contributed by atoms with van der Waals surface area (Å²) in [5, 5.41) is 0.788. The highest BCUT2D eigenvalue weighted by Crippen LogP contribution is 2.33. The number of carbonyl (C=O) groups is 1. The van der Waals surface area contributed by atoms with Crippen molar-refractivity contribution in [2.75, 3.05) is 31.1 Å². The van der Waals surface area contributed by atoms with Crippen molar-refractivity contribution in [2.45, 2.75) is 13.8 Å². The molecule has 2 aliphatic rings. The van der Waals surface area contributed by atoms with Crippen LogP contribution in [0.4, 0.5) is 5.69 Å². The molecule has 2 aliphatic heterocycles. The van der Waals surface area contributed by atoms with Gasteiger partial charge in [-0.1, -0.05) is 42.5 Å². The number of amidine groups is 1. The number of aliphatic imine (C=N–C) groups is 1. The molecule has 5 nitrogen and oxygen atoms in total. The molecule has 0 radical (unpaired) electrons. The molecule has 0 aliphatic carbocycles. The molecule has 0 atom stereocenters. The van der Waals surface area contributed by atoms with E-state index >= 15 is 0 Å². The van der Waals surface area contributed by atoms with Crippen molar-refractivity contribution in [3.05, 3.63) is 82.5 Å². The number of benzene rings is 2. The zero-order valence-corrected chi connectivity index (χ0v) is 19.1. The summed E-state index contributed by atoms with van der Waals surface area (Å²) in [5.41, 5.74) is 4.79. The molecule has 0 unspecified atom stereocenters. The third kappa shape index (κ3) is 4.10. The standard InChI is InChI=1S/C26H25N3O2S/c1-18-7-3-5-9-21(18)23-12-11-20(31-23)17-24-25(30)27-26(32-24)29-15-13-28(14-16-29)22-10-6-4-8-19(22)2/h3-12,17H,13-16H2,1-2H3. The molecule has 5 rings (SSSR count). The Labute approximate surface area is 192 Å². The van der Waals surface area contributed by atoms with Gasteiger partial charge in [0.1, 0.15) is 11.5 Å². The quantitative estimate of drug-likeness (QED) is 0.510.